The number of rotatable bonds is 6. The highest BCUT2D eigenvalue weighted by Gasteiger charge is 2.17. The molecule has 3 heterocycles. The molecule has 0 bridgehead atoms. The van der Waals surface area contributed by atoms with Crippen LogP contribution in [0.2, 0.25) is 0 Å². The summed E-state index contributed by atoms with van der Waals surface area (Å²) in [4.78, 5) is 33.7. The zero-order valence-electron chi connectivity index (χ0n) is 16.7. The number of carbonyl (C=O) groups excluding carboxylic acids is 1. The van der Waals surface area contributed by atoms with Gasteiger partial charge in [-0.3, -0.25) is 14.6 Å². The van der Waals surface area contributed by atoms with E-state index in [1.165, 1.54) is 39.9 Å². The van der Waals surface area contributed by atoms with E-state index < -0.39 is 0 Å². The Labute approximate surface area is 185 Å². The SMILES string of the molecule is Cc1nc(-n2nc(-c3cccs3)cc2NC(=O)CSc2ccc(F)cc2)[nH]c(=O)c1C. The molecule has 0 atom stereocenters. The van der Waals surface area contributed by atoms with Crippen molar-refractivity contribution >= 4 is 34.8 Å². The first-order valence-corrected chi connectivity index (χ1v) is 11.2. The average Bonchev–Trinajstić information content (AvgIpc) is 3.41. The topological polar surface area (TPSA) is 92.7 Å². The van der Waals surface area contributed by atoms with Gasteiger partial charge in [-0.25, -0.2) is 9.37 Å². The van der Waals surface area contributed by atoms with Crippen molar-refractivity contribution in [1.29, 1.82) is 0 Å². The number of thioether (sulfide) groups is 1. The van der Waals surface area contributed by atoms with Gasteiger partial charge in [-0.1, -0.05) is 6.07 Å². The van der Waals surface area contributed by atoms with Crippen molar-refractivity contribution in [2.75, 3.05) is 11.1 Å². The van der Waals surface area contributed by atoms with Gasteiger partial charge in [0.2, 0.25) is 11.9 Å². The van der Waals surface area contributed by atoms with Gasteiger partial charge in [0, 0.05) is 22.2 Å². The zero-order chi connectivity index (χ0) is 22.0. The quantitative estimate of drug-likeness (QED) is 0.426. The number of nitrogens with one attached hydrogen (secondary N) is 2. The molecule has 0 aliphatic rings. The number of nitrogens with zero attached hydrogens (tertiary/aromatic N) is 3. The normalized spacial score (nSPS) is 10.9. The molecular weight excluding hydrogens is 437 g/mol. The Morgan fingerprint density at radius 3 is 2.71 bits per heavy atom. The zero-order valence-corrected chi connectivity index (χ0v) is 18.3. The molecule has 4 rings (SSSR count). The summed E-state index contributed by atoms with van der Waals surface area (Å²) in [7, 11) is 0. The number of aromatic amines is 1. The third kappa shape index (κ3) is 4.75. The second-order valence-electron chi connectivity index (χ2n) is 6.69. The summed E-state index contributed by atoms with van der Waals surface area (Å²) in [5, 5.41) is 9.32. The van der Waals surface area contributed by atoms with Crippen molar-refractivity contribution < 1.29 is 9.18 Å². The maximum absolute atomic E-state index is 13.1. The molecule has 31 heavy (non-hydrogen) atoms. The van der Waals surface area contributed by atoms with Crippen molar-refractivity contribution in [3.8, 4) is 16.5 Å². The maximum Gasteiger partial charge on any atom is 0.255 e. The molecule has 0 saturated carbocycles. The van der Waals surface area contributed by atoms with E-state index in [-0.39, 0.29) is 29.0 Å². The number of amides is 1. The van der Waals surface area contributed by atoms with Gasteiger partial charge >= 0.3 is 0 Å². The lowest BCUT2D eigenvalue weighted by Crippen LogP contribution is -2.21. The highest BCUT2D eigenvalue weighted by Crippen LogP contribution is 2.27. The Morgan fingerprint density at radius 2 is 2.03 bits per heavy atom. The van der Waals surface area contributed by atoms with Crippen molar-refractivity contribution in [2.24, 2.45) is 0 Å². The van der Waals surface area contributed by atoms with E-state index in [0.717, 1.165) is 9.77 Å². The van der Waals surface area contributed by atoms with Crippen LogP contribution in [0.15, 0.2) is 57.5 Å². The van der Waals surface area contributed by atoms with Crippen LogP contribution in [0.4, 0.5) is 10.2 Å². The Morgan fingerprint density at radius 1 is 1.26 bits per heavy atom. The second-order valence-corrected chi connectivity index (χ2v) is 8.69. The van der Waals surface area contributed by atoms with Crippen molar-refractivity contribution in [3.05, 3.63) is 75.3 Å². The van der Waals surface area contributed by atoms with Gasteiger partial charge in [0.1, 0.15) is 17.3 Å². The number of aromatic nitrogens is 4. The maximum atomic E-state index is 13.1. The van der Waals surface area contributed by atoms with Crippen LogP contribution in [-0.4, -0.2) is 31.4 Å². The van der Waals surface area contributed by atoms with Crippen LogP contribution >= 0.6 is 23.1 Å². The molecule has 7 nitrogen and oxygen atoms in total. The smallest absolute Gasteiger partial charge is 0.255 e. The number of benzene rings is 1. The number of aryl methyl sites for hydroxylation is 1. The number of hydrogen-bond donors (Lipinski definition) is 2. The third-order valence-electron chi connectivity index (χ3n) is 4.52. The summed E-state index contributed by atoms with van der Waals surface area (Å²) in [6, 6.07) is 11.5. The molecule has 0 radical (unpaired) electrons. The van der Waals surface area contributed by atoms with E-state index in [2.05, 4.69) is 20.4 Å². The number of thiophene rings is 1. The van der Waals surface area contributed by atoms with E-state index in [4.69, 9.17) is 0 Å². The molecule has 2 N–H and O–H groups in total. The Balaban J connectivity index is 1.62. The van der Waals surface area contributed by atoms with E-state index in [1.54, 1.807) is 32.0 Å². The van der Waals surface area contributed by atoms with Gasteiger partial charge < -0.3 is 5.32 Å². The predicted molar refractivity (Wildman–Crippen MR) is 121 cm³/mol. The predicted octanol–water partition coefficient (Wildman–Crippen LogP) is 4.17. The monoisotopic (exact) mass is 455 g/mol. The van der Waals surface area contributed by atoms with Gasteiger partial charge in [0.25, 0.3) is 5.56 Å². The Hall–Kier alpha value is -3.24. The lowest BCUT2D eigenvalue weighted by Gasteiger charge is -2.09. The number of carbonyl (C=O) groups is 1. The van der Waals surface area contributed by atoms with Crippen LogP contribution in [0.3, 0.4) is 0 Å². The van der Waals surface area contributed by atoms with E-state index in [0.29, 0.717) is 22.8 Å². The molecule has 0 fully saturated rings. The minimum Gasteiger partial charge on any atom is -0.310 e. The highest BCUT2D eigenvalue weighted by atomic mass is 32.2. The minimum absolute atomic E-state index is 0.127. The van der Waals surface area contributed by atoms with Crippen molar-refractivity contribution in [3.63, 3.8) is 0 Å². The summed E-state index contributed by atoms with van der Waals surface area (Å²) in [6.07, 6.45) is 0. The Kier molecular flexibility index (Phi) is 6.01. The van der Waals surface area contributed by atoms with Crippen LogP contribution in [0, 0.1) is 19.7 Å². The van der Waals surface area contributed by atoms with Crippen LogP contribution < -0.4 is 10.9 Å². The standard InChI is InChI=1S/C21H18FN5O2S2/c1-12-13(2)23-21(25-20(12)29)27-18(10-16(26-27)17-4-3-9-30-17)24-19(28)11-31-15-7-5-14(22)6-8-15/h3-10H,11H2,1-2H3,(H,24,28)(H,23,25,29). The first kappa shape index (κ1) is 21.0. The molecule has 0 spiro atoms. The van der Waals surface area contributed by atoms with Gasteiger partial charge in [-0.15, -0.1) is 23.1 Å². The lowest BCUT2D eigenvalue weighted by atomic mass is 10.3. The van der Waals surface area contributed by atoms with Crippen molar-refractivity contribution in [2.45, 2.75) is 18.7 Å². The fraction of sp³-hybridized carbons (Fsp3) is 0.143. The summed E-state index contributed by atoms with van der Waals surface area (Å²) < 4.78 is 14.5. The first-order valence-electron chi connectivity index (χ1n) is 9.31. The molecule has 3 aromatic heterocycles. The second kappa shape index (κ2) is 8.86. The van der Waals surface area contributed by atoms with E-state index in [9.17, 15) is 14.0 Å². The van der Waals surface area contributed by atoms with Gasteiger partial charge in [0.15, 0.2) is 0 Å². The van der Waals surface area contributed by atoms with Crippen LogP contribution in [0.5, 0.6) is 0 Å². The summed E-state index contributed by atoms with van der Waals surface area (Å²) in [6.45, 7) is 3.44. The number of H-pyrrole nitrogens is 1. The molecule has 4 aromatic rings. The third-order valence-corrected chi connectivity index (χ3v) is 6.42. The molecule has 0 aliphatic carbocycles. The molecule has 158 valence electrons. The van der Waals surface area contributed by atoms with Crippen LogP contribution in [-0.2, 0) is 4.79 Å². The minimum atomic E-state index is -0.325. The average molecular weight is 456 g/mol. The molecular formula is C21H18FN5O2S2. The Bertz CT molecular complexity index is 1280. The fourth-order valence-electron chi connectivity index (χ4n) is 2.77. The number of hydrogen-bond acceptors (Lipinski definition) is 6. The van der Waals surface area contributed by atoms with Gasteiger partial charge in [-0.2, -0.15) is 9.78 Å². The number of anilines is 1. The summed E-state index contributed by atoms with van der Waals surface area (Å²) in [5.41, 5.74) is 1.49. The highest BCUT2D eigenvalue weighted by molar-refractivity contribution is 8.00. The van der Waals surface area contributed by atoms with Crippen LogP contribution in [0.1, 0.15) is 11.3 Å². The van der Waals surface area contributed by atoms with Crippen molar-refractivity contribution in [1.82, 2.24) is 19.7 Å². The van der Waals surface area contributed by atoms with Crippen LogP contribution in [0.25, 0.3) is 16.5 Å². The molecule has 1 aromatic carbocycles. The lowest BCUT2D eigenvalue weighted by molar-refractivity contribution is -0.113. The molecule has 0 saturated heterocycles. The summed E-state index contributed by atoms with van der Waals surface area (Å²) in [5.74, 6) is 0.146. The summed E-state index contributed by atoms with van der Waals surface area (Å²) >= 11 is 2.80. The largest absolute Gasteiger partial charge is 0.310 e. The molecule has 10 heteroatoms. The first-order chi connectivity index (χ1) is 14.9. The van der Waals surface area contributed by atoms with E-state index >= 15 is 0 Å². The molecule has 0 unspecified atom stereocenters. The fourth-order valence-corrected chi connectivity index (χ4v) is 4.15. The number of halogens is 1. The van der Waals surface area contributed by atoms with E-state index in [1.807, 2.05) is 17.5 Å². The molecule has 0 aliphatic heterocycles. The van der Waals surface area contributed by atoms with Gasteiger partial charge in [-0.05, 0) is 49.6 Å². The molecule has 1 amide bonds. The van der Waals surface area contributed by atoms with Gasteiger partial charge in [0.05, 0.1) is 10.6 Å².